The van der Waals surface area contributed by atoms with Crippen LogP contribution in [0.4, 0.5) is 0 Å². The Kier molecular flexibility index (Phi) is 3.93. The highest BCUT2D eigenvalue weighted by Crippen LogP contribution is 2.01. The van der Waals surface area contributed by atoms with Gasteiger partial charge in [0.05, 0.1) is 0 Å². The average molecular weight is 158 g/mol. The molecule has 62 valence electrons. The van der Waals surface area contributed by atoms with Crippen molar-refractivity contribution in [3.63, 3.8) is 0 Å². The lowest BCUT2D eigenvalue weighted by atomic mass is 10.2. The van der Waals surface area contributed by atoms with E-state index >= 15 is 0 Å². The van der Waals surface area contributed by atoms with Crippen LogP contribution in [0, 0.1) is 0 Å². The molecule has 0 fully saturated rings. The zero-order valence-electron chi connectivity index (χ0n) is 7.40. The Hall–Kier alpha value is -1.30. The topological polar surface area (TPSA) is 0 Å². The van der Waals surface area contributed by atoms with Crippen LogP contribution in [-0.4, -0.2) is 0 Å². The second-order valence-electron chi connectivity index (χ2n) is 2.62. The summed E-state index contributed by atoms with van der Waals surface area (Å²) in [6.45, 7) is 2.04. The number of benzene rings is 1. The third kappa shape index (κ3) is 3.20. The quantitative estimate of drug-likeness (QED) is 0.589. The molecule has 0 N–H and O–H groups in total. The number of hydrogen-bond donors (Lipinski definition) is 0. The molecule has 0 amide bonds. The van der Waals surface area contributed by atoms with Crippen molar-refractivity contribution in [2.45, 2.75) is 13.3 Å². The lowest BCUT2D eigenvalue weighted by Crippen LogP contribution is -1.67. The van der Waals surface area contributed by atoms with Gasteiger partial charge in [-0.1, -0.05) is 54.6 Å². The van der Waals surface area contributed by atoms with Crippen LogP contribution in [0.2, 0.25) is 0 Å². The first-order chi connectivity index (χ1) is 5.93. The van der Waals surface area contributed by atoms with E-state index in [9.17, 15) is 0 Å². The van der Waals surface area contributed by atoms with Gasteiger partial charge in [0.25, 0.3) is 0 Å². The highest BCUT2D eigenvalue weighted by atomic mass is 13.9. The zero-order valence-corrected chi connectivity index (χ0v) is 7.40. The second kappa shape index (κ2) is 5.36. The van der Waals surface area contributed by atoms with Crippen LogP contribution in [0.3, 0.4) is 0 Å². The predicted molar refractivity (Wildman–Crippen MR) is 54.9 cm³/mol. The molecular formula is C12H14. The van der Waals surface area contributed by atoms with Crippen LogP contribution < -0.4 is 0 Å². The van der Waals surface area contributed by atoms with Crippen molar-refractivity contribution >= 4 is 6.08 Å². The molecule has 1 rings (SSSR count). The van der Waals surface area contributed by atoms with Gasteiger partial charge in [0, 0.05) is 0 Å². The molecule has 1 aromatic carbocycles. The lowest BCUT2D eigenvalue weighted by molar-refractivity contribution is 1.39. The summed E-state index contributed by atoms with van der Waals surface area (Å²) in [5.41, 5.74) is 1.27. The average Bonchev–Trinajstić information content (AvgIpc) is 2.14. The van der Waals surface area contributed by atoms with Crippen LogP contribution in [0.25, 0.3) is 6.08 Å². The molecule has 1 aromatic rings. The molecule has 0 aliphatic rings. The van der Waals surface area contributed by atoms with Gasteiger partial charge in [-0.2, -0.15) is 0 Å². The molecule has 0 heterocycles. The Morgan fingerprint density at radius 3 is 2.50 bits per heavy atom. The van der Waals surface area contributed by atoms with E-state index in [-0.39, 0.29) is 0 Å². The predicted octanol–water partition coefficient (Wildman–Crippen LogP) is 3.67. The van der Waals surface area contributed by atoms with Crippen LogP contribution >= 0.6 is 0 Å². The summed E-state index contributed by atoms with van der Waals surface area (Å²) in [4.78, 5) is 0. The van der Waals surface area contributed by atoms with Gasteiger partial charge < -0.3 is 0 Å². The summed E-state index contributed by atoms with van der Waals surface area (Å²) in [7, 11) is 0. The molecule has 12 heavy (non-hydrogen) atoms. The molecule has 0 aromatic heterocycles. The van der Waals surface area contributed by atoms with Gasteiger partial charge in [0.2, 0.25) is 0 Å². The van der Waals surface area contributed by atoms with Gasteiger partial charge in [0.15, 0.2) is 0 Å². The first kappa shape index (κ1) is 8.79. The Morgan fingerprint density at radius 2 is 1.83 bits per heavy atom. The Balaban J connectivity index is 2.47. The second-order valence-corrected chi connectivity index (χ2v) is 2.62. The van der Waals surface area contributed by atoms with Crippen molar-refractivity contribution < 1.29 is 0 Å². The highest BCUT2D eigenvalue weighted by Gasteiger charge is 1.79. The number of allylic oxidation sites excluding steroid dienone is 3. The van der Waals surface area contributed by atoms with Crippen LogP contribution in [-0.2, 0) is 0 Å². The minimum absolute atomic E-state index is 1.02. The summed E-state index contributed by atoms with van der Waals surface area (Å²) in [6.07, 6.45) is 9.52. The Morgan fingerprint density at radius 1 is 1.08 bits per heavy atom. The van der Waals surface area contributed by atoms with Crippen LogP contribution in [0.15, 0.2) is 48.6 Å². The van der Waals surface area contributed by atoms with E-state index < -0.39 is 0 Å². The van der Waals surface area contributed by atoms with Crippen LogP contribution in [0.5, 0.6) is 0 Å². The van der Waals surface area contributed by atoms with Gasteiger partial charge in [-0.25, -0.2) is 0 Å². The van der Waals surface area contributed by atoms with Crippen molar-refractivity contribution in [3.8, 4) is 0 Å². The largest absolute Gasteiger partial charge is 0.0914 e. The standard InChI is InChI=1S/C12H14/c1-2-3-4-6-9-12-10-7-5-8-11-12/h2-3,5-11H,4H2,1H3/b3-2+,9-6+. The summed E-state index contributed by atoms with van der Waals surface area (Å²) < 4.78 is 0. The molecule has 0 unspecified atom stereocenters. The molecule has 0 heteroatoms. The molecule has 0 atom stereocenters. The number of rotatable bonds is 3. The van der Waals surface area contributed by atoms with Gasteiger partial charge in [-0.3, -0.25) is 0 Å². The summed E-state index contributed by atoms with van der Waals surface area (Å²) >= 11 is 0. The van der Waals surface area contributed by atoms with E-state index in [1.54, 1.807) is 0 Å². The zero-order chi connectivity index (χ0) is 8.65. The monoisotopic (exact) mass is 158 g/mol. The molecule has 0 spiro atoms. The summed E-state index contributed by atoms with van der Waals surface area (Å²) in [5, 5.41) is 0. The van der Waals surface area contributed by atoms with E-state index in [4.69, 9.17) is 0 Å². The summed E-state index contributed by atoms with van der Waals surface area (Å²) in [6, 6.07) is 10.3. The molecule has 0 radical (unpaired) electrons. The minimum atomic E-state index is 1.02. The van der Waals surface area contributed by atoms with E-state index in [1.165, 1.54) is 5.56 Å². The molecule has 0 saturated heterocycles. The third-order valence-electron chi connectivity index (χ3n) is 1.62. The van der Waals surface area contributed by atoms with E-state index in [1.807, 2.05) is 13.0 Å². The number of hydrogen-bond acceptors (Lipinski definition) is 0. The lowest BCUT2D eigenvalue weighted by Gasteiger charge is -1.89. The molecule has 0 saturated carbocycles. The maximum absolute atomic E-state index is 2.16. The smallest absolute Gasteiger partial charge is 0.0166 e. The molecule has 0 aliphatic carbocycles. The summed E-state index contributed by atoms with van der Waals surface area (Å²) in [5.74, 6) is 0. The van der Waals surface area contributed by atoms with E-state index in [0.29, 0.717) is 0 Å². The van der Waals surface area contributed by atoms with E-state index in [0.717, 1.165) is 6.42 Å². The molecular weight excluding hydrogens is 144 g/mol. The first-order valence-corrected chi connectivity index (χ1v) is 4.26. The van der Waals surface area contributed by atoms with Gasteiger partial charge in [-0.05, 0) is 18.9 Å². The van der Waals surface area contributed by atoms with Crippen LogP contribution in [0.1, 0.15) is 18.9 Å². The third-order valence-corrected chi connectivity index (χ3v) is 1.62. The Bertz CT molecular complexity index is 255. The fraction of sp³-hybridized carbons (Fsp3) is 0.167. The fourth-order valence-electron chi connectivity index (χ4n) is 0.983. The minimum Gasteiger partial charge on any atom is -0.0914 e. The van der Waals surface area contributed by atoms with Crippen molar-refractivity contribution in [3.05, 3.63) is 54.1 Å². The van der Waals surface area contributed by atoms with Crippen molar-refractivity contribution in [2.75, 3.05) is 0 Å². The molecule has 0 aliphatic heterocycles. The molecule has 0 nitrogen and oxygen atoms in total. The van der Waals surface area contributed by atoms with Gasteiger partial charge >= 0.3 is 0 Å². The SMILES string of the molecule is C/C=C/C/C=C/c1ccccc1. The maximum atomic E-state index is 2.16. The van der Waals surface area contributed by atoms with Gasteiger partial charge in [0.1, 0.15) is 0 Å². The highest BCUT2D eigenvalue weighted by molar-refractivity contribution is 5.48. The van der Waals surface area contributed by atoms with Crippen molar-refractivity contribution in [1.29, 1.82) is 0 Å². The van der Waals surface area contributed by atoms with Crippen molar-refractivity contribution in [2.24, 2.45) is 0 Å². The van der Waals surface area contributed by atoms with Crippen molar-refractivity contribution in [1.82, 2.24) is 0 Å². The first-order valence-electron chi connectivity index (χ1n) is 4.26. The van der Waals surface area contributed by atoms with Gasteiger partial charge in [-0.15, -0.1) is 0 Å². The maximum Gasteiger partial charge on any atom is -0.0166 e. The fourth-order valence-corrected chi connectivity index (χ4v) is 0.983. The normalized spacial score (nSPS) is 11.4. The molecule has 0 bridgehead atoms. The Labute approximate surface area is 74.2 Å². The van der Waals surface area contributed by atoms with E-state index in [2.05, 4.69) is 48.6 Å².